The third-order valence-corrected chi connectivity index (χ3v) is 3.04. The van der Waals surface area contributed by atoms with Gasteiger partial charge in [0.1, 0.15) is 0 Å². The van der Waals surface area contributed by atoms with Crippen molar-refractivity contribution in [1.82, 2.24) is 4.90 Å². The van der Waals surface area contributed by atoms with Crippen LogP contribution in [-0.4, -0.2) is 47.7 Å². The number of carbonyl (C=O) groups is 2. The molecule has 1 aliphatic heterocycles. The van der Waals surface area contributed by atoms with Crippen LogP contribution in [0.15, 0.2) is 0 Å². The van der Waals surface area contributed by atoms with E-state index in [9.17, 15) is 9.59 Å². The number of piperidine rings is 1. The van der Waals surface area contributed by atoms with Crippen molar-refractivity contribution in [3.63, 3.8) is 0 Å². The molecule has 0 atom stereocenters. The Hall–Kier alpha value is -1.10. The number of hydrogen-bond donors (Lipinski definition) is 1. The summed E-state index contributed by atoms with van der Waals surface area (Å²) in [6.45, 7) is 7.43. The molecule has 0 spiro atoms. The number of amides is 1. The zero-order chi connectivity index (χ0) is 13.8. The minimum absolute atomic E-state index is 0.0428. The van der Waals surface area contributed by atoms with Gasteiger partial charge in [-0.2, -0.15) is 0 Å². The molecule has 1 aliphatic rings. The lowest BCUT2D eigenvalue weighted by Gasteiger charge is -2.35. The van der Waals surface area contributed by atoms with Crippen LogP contribution in [0.4, 0.5) is 0 Å². The Morgan fingerprint density at radius 3 is 2.28 bits per heavy atom. The van der Waals surface area contributed by atoms with E-state index < -0.39 is 5.97 Å². The standard InChI is InChI=1S/C13H23NO4/c1-13(2,3)12(17)14-7-4-10(5-8-14)18-9-6-11(15)16/h10H,4-9H2,1-3H3,(H,15,16). The fourth-order valence-corrected chi connectivity index (χ4v) is 2.01. The second-order valence-corrected chi connectivity index (χ2v) is 5.76. The molecule has 0 aromatic carbocycles. The van der Waals surface area contributed by atoms with Crippen LogP contribution in [-0.2, 0) is 14.3 Å². The molecule has 1 rings (SSSR count). The highest BCUT2D eigenvalue weighted by Gasteiger charge is 2.30. The highest BCUT2D eigenvalue weighted by Crippen LogP contribution is 2.22. The summed E-state index contributed by atoms with van der Waals surface area (Å²) in [5.41, 5.74) is -0.336. The number of carbonyl (C=O) groups excluding carboxylic acids is 1. The molecular formula is C13H23NO4. The summed E-state index contributed by atoms with van der Waals surface area (Å²) in [6.07, 6.45) is 1.72. The Labute approximate surface area is 108 Å². The fourth-order valence-electron chi connectivity index (χ4n) is 2.01. The highest BCUT2D eigenvalue weighted by atomic mass is 16.5. The largest absolute Gasteiger partial charge is 0.481 e. The van der Waals surface area contributed by atoms with E-state index >= 15 is 0 Å². The number of ether oxygens (including phenoxy) is 1. The molecule has 0 aromatic rings. The predicted octanol–water partition coefficient (Wildman–Crippen LogP) is 1.51. The topological polar surface area (TPSA) is 66.8 Å². The molecule has 104 valence electrons. The minimum Gasteiger partial charge on any atom is -0.481 e. The van der Waals surface area contributed by atoms with Crippen LogP contribution < -0.4 is 0 Å². The maximum Gasteiger partial charge on any atom is 0.305 e. The fraction of sp³-hybridized carbons (Fsp3) is 0.846. The van der Waals surface area contributed by atoms with Gasteiger partial charge in [0.25, 0.3) is 0 Å². The Bertz CT molecular complexity index is 301. The van der Waals surface area contributed by atoms with E-state index in [1.54, 1.807) is 0 Å². The van der Waals surface area contributed by atoms with Gasteiger partial charge in [0.2, 0.25) is 5.91 Å². The minimum atomic E-state index is -0.838. The van der Waals surface area contributed by atoms with Crippen LogP contribution >= 0.6 is 0 Å². The monoisotopic (exact) mass is 257 g/mol. The van der Waals surface area contributed by atoms with Crippen LogP contribution in [0.3, 0.4) is 0 Å². The van der Waals surface area contributed by atoms with Gasteiger partial charge in [-0.15, -0.1) is 0 Å². The van der Waals surface area contributed by atoms with Crippen molar-refractivity contribution in [1.29, 1.82) is 0 Å². The molecule has 0 bridgehead atoms. The van der Waals surface area contributed by atoms with Crippen molar-refractivity contribution in [3.05, 3.63) is 0 Å². The molecule has 5 nitrogen and oxygen atoms in total. The molecule has 0 aromatic heterocycles. The molecule has 0 unspecified atom stereocenters. The summed E-state index contributed by atoms with van der Waals surface area (Å²) in [6, 6.07) is 0. The van der Waals surface area contributed by atoms with Crippen LogP contribution in [0.1, 0.15) is 40.0 Å². The van der Waals surface area contributed by atoms with Crippen LogP contribution in [0.5, 0.6) is 0 Å². The Balaban J connectivity index is 2.28. The Morgan fingerprint density at radius 2 is 1.83 bits per heavy atom. The van der Waals surface area contributed by atoms with E-state index in [0.717, 1.165) is 12.8 Å². The third-order valence-electron chi connectivity index (χ3n) is 3.04. The summed E-state index contributed by atoms with van der Waals surface area (Å²) in [4.78, 5) is 24.3. The second kappa shape index (κ2) is 6.18. The molecule has 1 fully saturated rings. The number of aliphatic carboxylic acids is 1. The molecule has 5 heteroatoms. The molecular weight excluding hydrogens is 234 g/mol. The summed E-state index contributed by atoms with van der Waals surface area (Å²) >= 11 is 0. The van der Waals surface area contributed by atoms with E-state index in [1.165, 1.54) is 0 Å². The molecule has 1 heterocycles. The molecule has 1 N–H and O–H groups in total. The quantitative estimate of drug-likeness (QED) is 0.829. The number of rotatable bonds is 4. The van der Waals surface area contributed by atoms with Gasteiger partial charge in [0.15, 0.2) is 0 Å². The summed E-state index contributed by atoms with van der Waals surface area (Å²) < 4.78 is 5.49. The first-order chi connectivity index (χ1) is 8.30. The van der Waals surface area contributed by atoms with Crippen LogP contribution in [0.25, 0.3) is 0 Å². The SMILES string of the molecule is CC(C)(C)C(=O)N1CCC(OCCC(=O)O)CC1. The van der Waals surface area contributed by atoms with E-state index in [1.807, 2.05) is 25.7 Å². The van der Waals surface area contributed by atoms with E-state index in [2.05, 4.69) is 0 Å². The van der Waals surface area contributed by atoms with Crippen LogP contribution in [0.2, 0.25) is 0 Å². The number of carboxylic acids is 1. The summed E-state index contributed by atoms with van der Waals surface area (Å²) in [5, 5.41) is 8.51. The van der Waals surface area contributed by atoms with Crippen molar-refractivity contribution in [2.75, 3.05) is 19.7 Å². The lowest BCUT2D eigenvalue weighted by molar-refractivity contribution is -0.142. The lowest BCUT2D eigenvalue weighted by Crippen LogP contribution is -2.45. The van der Waals surface area contributed by atoms with Crippen molar-refractivity contribution in [2.24, 2.45) is 5.41 Å². The molecule has 0 radical (unpaired) electrons. The van der Waals surface area contributed by atoms with Gasteiger partial charge in [-0.05, 0) is 12.8 Å². The lowest BCUT2D eigenvalue weighted by atomic mass is 9.93. The molecule has 0 aliphatic carbocycles. The number of hydrogen-bond acceptors (Lipinski definition) is 3. The normalized spacial score (nSPS) is 17.8. The van der Waals surface area contributed by atoms with Gasteiger partial charge in [-0.1, -0.05) is 20.8 Å². The number of carboxylic acid groups (broad SMARTS) is 1. The van der Waals surface area contributed by atoms with Gasteiger partial charge < -0.3 is 14.7 Å². The highest BCUT2D eigenvalue weighted by molar-refractivity contribution is 5.81. The molecule has 0 saturated carbocycles. The number of nitrogens with zero attached hydrogens (tertiary/aromatic N) is 1. The molecule has 1 saturated heterocycles. The maximum absolute atomic E-state index is 12.0. The van der Waals surface area contributed by atoms with Crippen molar-refractivity contribution in [2.45, 2.75) is 46.1 Å². The first kappa shape index (κ1) is 15.0. The number of likely N-dealkylation sites (tertiary alicyclic amines) is 1. The van der Waals surface area contributed by atoms with Gasteiger partial charge in [-0.25, -0.2) is 0 Å². The Kier molecular flexibility index (Phi) is 5.14. The average molecular weight is 257 g/mol. The molecule has 18 heavy (non-hydrogen) atoms. The first-order valence-electron chi connectivity index (χ1n) is 6.43. The third kappa shape index (κ3) is 4.64. The first-order valence-corrected chi connectivity index (χ1v) is 6.43. The second-order valence-electron chi connectivity index (χ2n) is 5.76. The predicted molar refractivity (Wildman–Crippen MR) is 67.3 cm³/mol. The maximum atomic E-state index is 12.0. The van der Waals surface area contributed by atoms with Gasteiger partial charge >= 0.3 is 5.97 Å². The van der Waals surface area contributed by atoms with Gasteiger partial charge in [0, 0.05) is 18.5 Å². The summed E-state index contributed by atoms with van der Waals surface area (Å²) in [5.74, 6) is -0.665. The molecule has 1 amide bonds. The van der Waals surface area contributed by atoms with Crippen molar-refractivity contribution >= 4 is 11.9 Å². The van der Waals surface area contributed by atoms with E-state index in [4.69, 9.17) is 9.84 Å². The zero-order valence-corrected chi connectivity index (χ0v) is 11.4. The van der Waals surface area contributed by atoms with Crippen molar-refractivity contribution in [3.8, 4) is 0 Å². The van der Waals surface area contributed by atoms with Gasteiger partial charge in [-0.3, -0.25) is 9.59 Å². The van der Waals surface area contributed by atoms with Gasteiger partial charge in [0.05, 0.1) is 19.1 Å². The average Bonchev–Trinajstić information content (AvgIpc) is 2.27. The smallest absolute Gasteiger partial charge is 0.305 e. The van der Waals surface area contributed by atoms with Crippen LogP contribution in [0, 0.1) is 5.41 Å². The summed E-state index contributed by atoms with van der Waals surface area (Å²) in [7, 11) is 0. The zero-order valence-electron chi connectivity index (χ0n) is 11.4. The van der Waals surface area contributed by atoms with E-state index in [-0.39, 0.29) is 30.5 Å². The van der Waals surface area contributed by atoms with Crippen molar-refractivity contribution < 1.29 is 19.4 Å². The Morgan fingerprint density at radius 1 is 1.28 bits per heavy atom. The van der Waals surface area contributed by atoms with E-state index in [0.29, 0.717) is 13.1 Å².